The molecule has 1 heterocycles. The van der Waals surface area contributed by atoms with Gasteiger partial charge in [-0.3, -0.25) is 4.72 Å². The third-order valence-corrected chi connectivity index (χ3v) is 6.36. The number of anilines is 4. The standard InChI is InChI=1S/C20H21Cl2N5O2S/c1-4-23-19-11-20(25-13(3)24-19)26-14-5-7-15(8-6-14)27-30(28,29)18-9-12(2)16(21)10-17(18)22/h5-11,27H,4H2,1-3H3,(H2,23,24,25,26). The summed E-state index contributed by atoms with van der Waals surface area (Å²) in [7, 11) is -3.86. The summed E-state index contributed by atoms with van der Waals surface area (Å²) < 4.78 is 28.0. The molecule has 0 fully saturated rings. The summed E-state index contributed by atoms with van der Waals surface area (Å²) in [6, 6.07) is 11.5. The Balaban J connectivity index is 1.77. The maximum Gasteiger partial charge on any atom is 0.263 e. The first-order chi connectivity index (χ1) is 14.2. The molecule has 7 nitrogen and oxygen atoms in total. The number of hydrogen-bond donors (Lipinski definition) is 3. The molecule has 0 saturated heterocycles. The molecule has 0 aliphatic carbocycles. The van der Waals surface area contributed by atoms with E-state index in [1.165, 1.54) is 12.1 Å². The summed E-state index contributed by atoms with van der Waals surface area (Å²) in [6.45, 7) is 6.27. The normalized spacial score (nSPS) is 11.2. The molecule has 10 heteroatoms. The molecule has 3 N–H and O–H groups in total. The van der Waals surface area contributed by atoms with Crippen LogP contribution < -0.4 is 15.4 Å². The number of halogens is 2. The maximum absolute atomic E-state index is 12.7. The lowest BCUT2D eigenvalue weighted by molar-refractivity contribution is 0.601. The van der Waals surface area contributed by atoms with Crippen molar-refractivity contribution in [1.82, 2.24) is 9.97 Å². The Morgan fingerprint density at radius 3 is 2.20 bits per heavy atom. The van der Waals surface area contributed by atoms with E-state index in [1.54, 1.807) is 37.3 Å². The van der Waals surface area contributed by atoms with Gasteiger partial charge >= 0.3 is 0 Å². The minimum Gasteiger partial charge on any atom is -0.370 e. The highest BCUT2D eigenvalue weighted by atomic mass is 35.5. The van der Waals surface area contributed by atoms with Crippen LogP contribution in [0.3, 0.4) is 0 Å². The topological polar surface area (TPSA) is 96.0 Å². The SMILES string of the molecule is CCNc1cc(Nc2ccc(NS(=O)(=O)c3cc(C)c(Cl)cc3Cl)cc2)nc(C)n1. The van der Waals surface area contributed by atoms with Crippen molar-refractivity contribution in [2.75, 3.05) is 21.9 Å². The zero-order chi connectivity index (χ0) is 21.9. The van der Waals surface area contributed by atoms with Crippen molar-refractivity contribution in [1.29, 1.82) is 0 Å². The molecule has 0 aliphatic rings. The Morgan fingerprint density at radius 2 is 1.53 bits per heavy atom. The second kappa shape index (κ2) is 9.07. The van der Waals surface area contributed by atoms with Crippen LogP contribution in [0.15, 0.2) is 47.4 Å². The molecular weight excluding hydrogens is 445 g/mol. The van der Waals surface area contributed by atoms with Crippen LogP contribution in [0.5, 0.6) is 0 Å². The molecule has 0 aliphatic heterocycles. The molecule has 158 valence electrons. The van der Waals surface area contributed by atoms with Crippen LogP contribution >= 0.6 is 23.2 Å². The number of aromatic nitrogens is 2. The summed E-state index contributed by atoms with van der Waals surface area (Å²) in [5.74, 6) is 2.00. The highest BCUT2D eigenvalue weighted by molar-refractivity contribution is 7.92. The average Bonchev–Trinajstić information content (AvgIpc) is 2.66. The van der Waals surface area contributed by atoms with Crippen LogP contribution in [0, 0.1) is 13.8 Å². The third-order valence-electron chi connectivity index (χ3n) is 4.11. The van der Waals surface area contributed by atoms with Crippen LogP contribution in [0.25, 0.3) is 0 Å². The molecule has 0 radical (unpaired) electrons. The van der Waals surface area contributed by atoms with Gasteiger partial charge in [-0.25, -0.2) is 18.4 Å². The fraction of sp³-hybridized carbons (Fsp3) is 0.200. The van der Waals surface area contributed by atoms with E-state index < -0.39 is 10.0 Å². The van der Waals surface area contributed by atoms with Gasteiger partial charge in [-0.15, -0.1) is 0 Å². The van der Waals surface area contributed by atoms with E-state index >= 15 is 0 Å². The molecule has 0 saturated carbocycles. The number of hydrogen-bond acceptors (Lipinski definition) is 6. The lowest BCUT2D eigenvalue weighted by atomic mass is 10.2. The van der Waals surface area contributed by atoms with E-state index in [0.717, 1.165) is 18.1 Å². The molecule has 0 unspecified atom stereocenters. The molecule has 0 atom stereocenters. The van der Waals surface area contributed by atoms with E-state index in [1.807, 2.05) is 13.8 Å². The number of nitrogens with one attached hydrogen (secondary N) is 3. The molecule has 0 spiro atoms. The number of nitrogens with zero attached hydrogens (tertiary/aromatic N) is 2. The minimum absolute atomic E-state index is 0.0271. The van der Waals surface area contributed by atoms with Gasteiger partial charge in [-0.05, 0) is 62.7 Å². The van der Waals surface area contributed by atoms with Crippen molar-refractivity contribution in [2.45, 2.75) is 25.7 Å². The monoisotopic (exact) mass is 465 g/mol. The number of benzene rings is 2. The zero-order valence-corrected chi connectivity index (χ0v) is 19.0. The van der Waals surface area contributed by atoms with Crippen molar-refractivity contribution >= 4 is 56.2 Å². The zero-order valence-electron chi connectivity index (χ0n) is 16.6. The molecule has 0 bridgehead atoms. The summed E-state index contributed by atoms with van der Waals surface area (Å²) >= 11 is 12.1. The van der Waals surface area contributed by atoms with E-state index in [-0.39, 0.29) is 9.92 Å². The highest BCUT2D eigenvalue weighted by Crippen LogP contribution is 2.30. The van der Waals surface area contributed by atoms with Gasteiger partial charge in [0.25, 0.3) is 10.0 Å². The molecule has 3 aromatic rings. The second-order valence-corrected chi connectivity index (χ2v) is 9.02. The van der Waals surface area contributed by atoms with Crippen molar-refractivity contribution in [3.63, 3.8) is 0 Å². The molecule has 2 aromatic carbocycles. The van der Waals surface area contributed by atoms with Gasteiger partial charge in [-0.2, -0.15) is 0 Å². The van der Waals surface area contributed by atoms with Crippen molar-refractivity contribution in [2.24, 2.45) is 0 Å². The first-order valence-electron chi connectivity index (χ1n) is 9.13. The first-order valence-corrected chi connectivity index (χ1v) is 11.4. The van der Waals surface area contributed by atoms with Crippen LogP contribution in [0.4, 0.5) is 23.0 Å². The van der Waals surface area contributed by atoms with Crippen LogP contribution in [0.1, 0.15) is 18.3 Å². The smallest absolute Gasteiger partial charge is 0.263 e. The van der Waals surface area contributed by atoms with Crippen molar-refractivity contribution < 1.29 is 8.42 Å². The molecule has 3 rings (SSSR count). The number of sulfonamides is 1. The number of rotatable bonds is 7. The Bertz CT molecular complexity index is 1170. The Kier molecular flexibility index (Phi) is 6.70. The van der Waals surface area contributed by atoms with E-state index in [2.05, 4.69) is 25.3 Å². The lowest BCUT2D eigenvalue weighted by Gasteiger charge is -2.12. The van der Waals surface area contributed by atoms with E-state index in [0.29, 0.717) is 27.9 Å². The lowest BCUT2D eigenvalue weighted by Crippen LogP contribution is -2.13. The van der Waals surface area contributed by atoms with Crippen LogP contribution in [-0.2, 0) is 10.0 Å². The molecular formula is C20H21Cl2N5O2S. The number of aryl methyl sites for hydroxylation is 2. The summed E-state index contributed by atoms with van der Waals surface area (Å²) in [5.41, 5.74) is 1.77. The molecule has 0 amide bonds. The predicted molar refractivity (Wildman–Crippen MR) is 123 cm³/mol. The highest BCUT2D eigenvalue weighted by Gasteiger charge is 2.19. The van der Waals surface area contributed by atoms with E-state index in [4.69, 9.17) is 23.2 Å². The largest absolute Gasteiger partial charge is 0.370 e. The molecule has 1 aromatic heterocycles. The molecule has 30 heavy (non-hydrogen) atoms. The van der Waals surface area contributed by atoms with Crippen LogP contribution in [0.2, 0.25) is 10.0 Å². The van der Waals surface area contributed by atoms with Crippen LogP contribution in [-0.4, -0.2) is 24.9 Å². The van der Waals surface area contributed by atoms with E-state index in [9.17, 15) is 8.42 Å². The third kappa shape index (κ3) is 5.33. The Labute approximate surface area is 185 Å². The summed E-state index contributed by atoms with van der Waals surface area (Å²) in [5, 5.41) is 6.80. The first kappa shape index (κ1) is 22.1. The Hall–Kier alpha value is -2.55. The second-order valence-electron chi connectivity index (χ2n) is 6.56. The van der Waals surface area contributed by atoms with Gasteiger partial charge < -0.3 is 10.6 Å². The minimum atomic E-state index is -3.86. The van der Waals surface area contributed by atoms with Gasteiger partial charge in [-0.1, -0.05) is 23.2 Å². The van der Waals surface area contributed by atoms with Gasteiger partial charge in [0.2, 0.25) is 0 Å². The predicted octanol–water partition coefficient (Wildman–Crippen LogP) is 5.38. The summed E-state index contributed by atoms with van der Waals surface area (Å²) in [4.78, 5) is 8.64. The Morgan fingerprint density at radius 1 is 0.900 bits per heavy atom. The van der Waals surface area contributed by atoms with Gasteiger partial charge in [0.1, 0.15) is 22.4 Å². The fourth-order valence-electron chi connectivity index (χ4n) is 2.72. The fourth-order valence-corrected chi connectivity index (χ4v) is 4.61. The summed E-state index contributed by atoms with van der Waals surface area (Å²) in [6.07, 6.45) is 0. The van der Waals surface area contributed by atoms with Gasteiger partial charge in [0.05, 0.1) is 5.02 Å². The van der Waals surface area contributed by atoms with Gasteiger partial charge in [0, 0.05) is 29.0 Å². The van der Waals surface area contributed by atoms with Crippen molar-refractivity contribution in [3.05, 3.63) is 63.9 Å². The van der Waals surface area contributed by atoms with Crippen molar-refractivity contribution in [3.8, 4) is 0 Å². The van der Waals surface area contributed by atoms with Gasteiger partial charge in [0.15, 0.2) is 0 Å². The average molecular weight is 466 g/mol. The quantitative estimate of drug-likeness (QED) is 0.433. The maximum atomic E-state index is 12.7.